The van der Waals surface area contributed by atoms with Gasteiger partial charge in [-0.05, 0) is 55.3 Å². The topological polar surface area (TPSA) is 64.3 Å². The van der Waals surface area contributed by atoms with E-state index in [-0.39, 0.29) is 5.91 Å². The lowest BCUT2D eigenvalue weighted by Gasteiger charge is -2.11. The maximum absolute atomic E-state index is 12.4. The summed E-state index contributed by atoms with van der Waals surface area (Å²) in [4.78, 5) is 12.4. The standard InChI is InChI=1S/C17H20N2O2/c1-12-11-14(7-8-16(12)21-2)19-17(20)15-6-4-3-5-13(15)9-10-18/h3-8,11H,9-10,18H2,1-2H3,(H,19,20). The van der Waals surface area contributed by atoms with Gasteiger partial charge in [-0.3, -0.25) is 4.79 Å². The normalized spacial score (nSPS) is 10.2. The van der Waals surface area contributed by atoms with Crippen molar-refractivity contribution in [1.82, 2.24) is 0 Å². The Morgan fingerprint density at radius 1 is 1.24 bits per heavy atom. The number of carbonyl (C=O) groups excluding carboxylic acids is 1. The molecule has 0 atom stereocenters. The predicted octanol–water partition coefficient (Wildman–Crippen LogP) is 2.76. The minimum absolute atomic E-state index is 0.122. The van der Waals surface area contributed by atoms with E-state index in [0.29, 0.717) is 18.5 Å². The average Bonchev–Trinajstić information content (AvgIpc) is 2.48. The molecule has 0 spiro atoms. The maximum atomic E-state index is 12.4. The molecule has 0 aliphatic rings. The Balaban J connectivity index is 2.20. The van der Waals surface area contributed by atoms with Crippen LogP contribution >= 0.6 is 0 Å². The fraction of sp³-hybridized carbons (Fsp3) is 0.235. The molecule has 4 heteroatoms. The molecule has 1 amide bonds. The second-order valence-corrected chi connectivity index (χ2v) is 4.83. The molecule has 2 aromatic carbocycles. The minimum Gasteiger partial charge on any atom is -0.496 e. The van der Waals surface area contributed by atoms with Crippen molar-refractivity contribution >= 4 is 11.6 Å². The van der Waals surface area contributed by atoms with Gasteiger partial charge in [0.2, 0.25) is 0 Å². The van der Waals surface area contributed by atoms with Gasteiger partial charge in [-0.1, -0.05) is 18.2 Å². The van der Waals surface area contributed by atoms with Crippen LogP contribution in [0, 0.1) is 6.92 Å². The van der Waals surface area contributed by atoms with E-state index in [0.717, 1.165) is 22.6 Å². The molecule has 0 fully saturated rings. The van der Waals surface area contributed by atoms with Crippen molar-refractivity contribution in [3.63, 3.8) is 0 Å². The summed E-state index contributed by atoms with van der Waals surface area (Å²) in [6, 6.07) is 13.1. The van der Waals surface area contributed by atoms with Gasteiger partial charge in [-0.15, -0.1) is 0 Å². The number of hydrogen-bond acceptors (Lipinski definition) is 3. The number of rotatable bonds is 5. The van der Waals surface area contributed by atoms with E-state index in [9.17, 15) is 4.79 Å². The first-order valence-corrected chi connectivity index (χ1v) is 6.89. The number of amides is 1. The van der Waals surface area contributed by atoms with E-state index in [4.69, 9.17) is 10.5 Å². The van der Waals surface area contributed by atoms with E-state index in [1.165, 1.54) is 0 Å². The molecule has 0 aliphatic carbocycles. The minimum atomic E-state index is -0.122. The number of nitrogens with one attached hydrogen (secondary N) is 1. The number of benzene rings is 2. The van der Waals surface area contributed by atoms with E-state index in [2.05, 4.69) is 5.32 Å². The van der Waals surface area contributed by atoms with Crippen LogP contribution in [0.4, 0.5) is 5.69 Å². The van der Waals surface area contributed by atoms with E-state index in [1.54, 1.807) is 7.11 Å². The molecule has 0 heterocycles. The summed E-state index contributed by atoms with van der Waals surface area (Å²) in [6.45, 7) is 2.46. The SMILES string of the molecule is COc1ccc(NC(=O)c2ccccc2CCN)cc1C. The summed E-state index contributed by atoms with van der Waals surface area (Å²) >= 11 is 0. The van der Waals surface area contributed by atoms with Crippen molar-refractivity contribution in [1.29, 1.82) is 0 Å². The lowest BCUT2D eigenvalue weighted by atomic mass is 10.0. The molecule has 2 rings (SSSR count). The molecule has 2 aromatic rings. The number of anilines is 1. The Morgan fingerprint density at radius 3 is 2.67 bits per heavy atom. The maximum Gasteiger partial charge on any atom is 0.255 e. The number of methoxy groups -OCH3 is 1. The number of aryl methyl sites for hydroxylation is 1. The summed E-state index contributed by atoms with van der Waals surface area (Å²) < 4.78 is 5.21. The van der Waals surface area contributed by atoms with Crippen LogP contribution in [-0.2, 0) is 6.42 Å². The number of nitrogens with two attached hydrogens (primary N) is 1. The Morgan fingerprint density at radius 2 is 2.00 bits per heavy atom. The zero-order chi connectivity index (χ0) is 15.2. The second-order valence-electron chi connectivity index (χ2n) is 4.83. The molecular formula is C17H20N2O2. The lowest BCUT2D eigenvalue weighted by Crippen LogP contribution is -2.16. The van der Waals surface area contributed by atoms with Crippen LogP contribution < -0.4 is 15.8 Å². The highest BCUT2D eigenvalue weighted by Crippen LogP contribution is 2.22. The van der Waals surface area contributed by atoms with E-state index in [1.807, 2.05) is 49.4 Å². The number of ether oxygens (including phenoxy) is 1. The molecule has 4 nitrogen and oxygen atoms in total. The van der Waals surface area contributed by atoms with Crippen LogP contribution in [-0.4, -0.2) is 19.6 Å². The first-order chi connectivity index (χ1) is 10.2. The van der Waals surface area contributed by atoms with Crippen molar-refractivity contribution in [2.75, 3.05) is 19.0 Å². The van der Waals surface area contributed by atoms with Gasteiger partial charge in [0.15, 0.2) is 0 Å². The van der Waals surface area contributed by atoms with Gasteiger partial charge in [0, 0.05) is 11.3 Å². The second kappa shape index (κ2) is 6.90. The lowest BCUT2D eigenvalue weighted by molar-refractivity contribution is 0.102. The van der Waals surface area contributed by atoms with Crippen LogP contribution in [0.3, 0.4) is 0 Å². The summed E-state index contributed by atoms with van der Waals surface area (Å²) in [7, 11) is 1.63. The van der Waals surface area contributed by atoms with Crippen molar-refractivity contribution in [3.8, 4) is 5.75 Å². The highest BCUT2D eigenvalue weighted by atomic mass is 16.5. The monoisotopic (exact) mass is 284 g/mol. The van der Waals surface area contributed by atoms with Crippen LogP contribution in [0.2, 0.25) is 0 Å². The molecule has 0 aromatic heterocycles. The summed E-state index contributed by atoms with van der Waals surface area (Å²) in [6.07, 6.45) is 0.686. The molecule has 110 valence electrons. The molecule has 0 unspecified atom stereocenters. The third kappa shape index (κ3) is 3.61. The molecule has 0 bridgehead atoms. The van der Waals surface area contributed by atoms with Crippen LogP contribution in [0.1, 0.15) is 21.5 Å². The van der Waals surface area contributed by atoms with Gasteiger partial charge >= 0.3 is 0 Å². The van der Waals surface area contributed by atoms with Gasteiger partial charge in [0.25, 0.3) is 5.91 Å². The number of carbonyl (C=O) groups is 1. The van der Waals surface area contributed by atoms with Crippen LogP contribution in [0.25, 0.3) is 0 Å². The molecule has 21 heavy (non-hydrogen) atoms. The summed E-state index contributed by atoms with van der Waals surface area (Å²) in [5, 5.41) is 2.91. The Bertz CT molecular complexity index is 638. The average molecular weight is 284 g/mol. The van der Waals surface area contributed by atoms with Gasteiger partial charge in [0.05, 0.1) is 7.11 Å². The Labute approximate surface area is 124 Å². The van der Waals surface area contributed by atoms with Crippen molar-refractivity contribution in [2.24, 2.45) is 5.73 Å². The van der Waals surface area contributed by atoms with E-state index >= 15 is 0 Å². The largest absolute Gasteiger partial charge is 0.496 e. The molecular weight excluding hydrogens is 264 g/mol. The van der Waals surface area contributed by atoms with Gasteiger partial charge in [-0.2, -0.15) is 0 Å². The van der Waals surface area contributed by atoms with E-state index < -0.39 is 0 Å². The highest BCUT2D eigenvalue weighted by molar-refractivity contribution is 6.05. The first-order valence-electron chi connectivity index (χ1n) is 6.89. The summed E-state index contributed by atoms with van der Waals surface area (Å²) in [5.74, 6) is 0.681. The highest BCUT2D eigenvalue weighted by Gasteiger charge is 2.11. The first kappa shape index (κ1) is 15.1. The van der Waals surface area contributed by atoms with Crippen molar-refractivity contribution in [3.05, 3.63) is 59.2 Å². The summed E-state index contributed by atoms with van der Waals surface area (Å²) in [5.41, 5.74) is 8.94. The molecule has 0 radical (unpaired) electrons. The molecule has 0 saturated carbocycles. The smallest absolute Gasteiger partial charge is 0.255 e. The van der Waals surface area contributed by atoms with Crippen LogP contribution in [0.15, 0.2) is 42.5 Å². The Kier molecular flexibility index (Phi) is 4.95. The van der Waals surface area contributed by atoms with Crippen LogP contribution in [0.5, 0.6) is 5.75 Å². The third-order valence-electron chi connectivity index (χ3n) is 3.33. The Hall–Kier alpha value is -2.33. The zero-order valence-electron chi connectivity index (χ0n) is 12.3. The fourth-order valence-corrected chi connectivity index (χ4v) is 2.27. The van der Waals surface area contributed by atoms with Gasteiger partial charge < -0.3 is 15.8 Å². The van der Waals surface area contributed by atoms with Crippen molar-refractivity contribution < 1.29 is 9.53 Å². The molecule has 0 saturated heterocycles. The zero-order valence-corrected chi connectivity index (χ0v) is 12.3. The van der Waals surface area contributed by atoms with Gasteiger partial charge in [0.1, 0.15) is 5.75 Å². The molecule has 0 aliphatic heterocycles. The third-order valence-corrected chi connectivity index (χ3v) is 3.33. The van der Waals surface area contributed by atoms with Crippen molar-refractivity contribution in [2.45, 2.75) is 13.3 Å². The molecule has 3 N–H and O–H groups in total. The van der Waals surface area contributed by atoms with Gasteiger partial charge in [-0.25, -0.2) is 0 Å². The number of hydrogen-bond donors (Lipinski definition) is 2. The quantitative estimate of drug-likeness (QED) is 0.887. The fourth-order valence-electron chi connectivity index (χ4n) is 2.27. The predicted molar refractivity (Wildman–Crippen MR) is 84.9 cm³/mol.